The summed E-state index contributed by atoms with van der Waals surface area (Å²) in [6, 6.07) is 0. The second kappa shape index (κ2) is 49.2. The summed E-state index contributed by atoms with van der Waals surface area (Å²) in [5.74, 6) is -2.12. The summed E-state index contributed by atoms with van der Waals surface area (Å²) >= 11 is 0. The van der Waals surface area contributed by atoms with Gasteiger partial charge < -0.3 is 28.5 Å². The Labute approximate surface area is 411 Å². The number of quaternary nitrogens is 1. The molecular weight excluding hydrogens is 839 g/mol. The lowest BCUT2D eigenvalue weighted by Gasteiger charge is -2.25. The highest BCUT2D eigenvalue weighted by Crippen LogP contribution is 2.16. The highest BCUT2D eigenvalue weighted by atomic mass is 16.7. The first-order valence-corrected chi connectivity index (χ1v) is 27.1. The minimum atomic E-state index is -1.53. The number of likely N-dealkylation sites (N-methyl/N-ethyl adjacent to an activating group) is 1. The Morgan fingerprint density at radius 1 is 0.463 bits per heavy atom. The van der Waals surface area contributed by atoms with E-state index >= 15 is 0 Å². The summed E-state index contributed by atoms with van der Waals surface area (Å²) < 4.78 is 22.7. The monoisotopic (exact) mass is 941 g/mol. The maximum Gasteiger partial charge on any atom is 0.361 e. The topological polar surface area (TPSA) is 108 Å². The molecule has 0 radical (unpaired) electrons. The number of hydrogen-bond donors (Lipinski definition) is 1. The van der Waals surface area contributed by atoms with E-state index in [2.05, 4.69) is 74.6 Å². The third-order valence-corrected chi connectivity index (χ3v) is 11.5. The van der Waals surface area contributed by atoms with Crippen molar-refractivity contribution in [2.24, 2.45) is 0 Å². The standard InChI is InChI=1S/C58H101NO8/c1-6-8-10-12-14-16-18-20-21-22-23-24-25-26-27-28-29-30-31-32-33-34-35-37-38-40-42-44-46-48-55(60)65-52-54(53-66-58(57(62)63)64-51-50-59(3,4)5)67-56(61)49-47-45-43-41-39-36-19-17-15-13-11-9-7-2/h9,11,15,17-18,20,22-23,36,39,43,45,54,58H,6-8,10,12-14,16,19,21,24-35,37-38,40-42,44,46-53H2,1-5H3/p+1/b11-9-,17-15-,20-18-,23-22-,39-36-,45-43-. The largest absolute Gasteiger partial charge is 0.477 e. The van der Waals surface area contributed by atoms with Gasteiger partial charge in [-0.25, -0.2) is 4.79 Å². The van der Waals surface area contributed by atoms with Crippen LogP contribution in [0.25, 0.3) is 0 Å². The Kier molecular flexibility index (Phi) is 46.8. The second-order valence-electron chi connectivity index (χ2n) is 19.2. The van der Waals surface area contributed by atoms with Gasteiger partial charge in [-0.3, -0.25) is 9.59 Å². The molecule has 2 unspecified atom stereocenters. The second-order valence-corrected chi connectivity index (χ2v) is 19.2. The first-order chi connectivity index (χ1) is 32.6. The molecule has 0 rings (SSSR count). The number of allylic oxidation sites excluding steroid dienone is 12. The Bertz CT molecular complexity index is 1330. The van der Waals surface area contributed by atoms with E-state index in [1.54, 1.807) is 0 Å². The molecule has 386 valence electrons. The van der Waals surface area contributed by atoms with E-state index in [0.29, 0.717) is 17.4 Å². The van der Waals surface area contributed by atoms with E-state index in [1.165, 1.54) is 135 Å². The van der Waals surface area contributed by atoms with Crippen LogP contribution in [0.3, 0.4) is 0 Å². The fourth-order valence-corrected chi connectivity index (χ4v) is 7.29. The zero-order valence-electron chi connectivity index (χ0n) is 43.8. The molecule has 0 amide bonds. The number of carbonyl (C=O) groups excluding carboxylic acids is 2. The Hall–Kier alpha value is -3.27. The average molecular weight is 941 g/mol. The van der Waals surface area contributed by atoms with E-state index in [-0.39, 0.29) is 38.6 Å². The van der Waals surface area contributed by atoms with Gasteiger partial charge in [0.2, 0.25) is 0 Å². The fourth-order valence-electron chi connectivity index (χ4n) is 7.29. The Morgan fingerprint density at radius 2 is 0.881 bits per heavy atom. The minimum Gasteiger partial charge on any atom is -0.477 e. The van der Waals surface area contributed by atoms with Crippen molar-refractivity contribution >= 4 is 17.9 Å². The lowest BCUT2D eigenvalue weighted by molar-refractivity contribution is -0.870. The van der Waals surface area contributed by atoms with Crippen molar-refractivity contribution in [1.29, 1.82) is 0 Å². The molecule has 9 nitrogen and oxygen atoms in total. The fraction of sp³-hybridized carbons (Fsp3) is 0.741. The van der Waals surface area contributed by atoms with Gasteiger partial charge in [-0.1, -0.05) is 209 Å². The molecule has 1 N–H and O–H groups in total. The normalized spacial score (nSPS) is 13.4. The highest BCUT2D eigenvalue weighted by Gasteiger charge is 2.25. The summed E-state index contributed by atoms with van der Waals surface area (Å²) in [6.07, 6.45) is 60.1. The summed E-state index contributed by atoms with van der Waals surface area (Å²) in [5, 5.41) is 9.66. The van der Waals surface area contributed by atoms with Crippen molar-refractivity contribution in [2.45, 2.75) is 232 Å². The molecule has 0 fully saturated rings. The van der Waals surface area contributed by atoms with Crippen LogP contribution in [0.1, 0.15) is 219 Å². The summed E-state index contributed by atoms with van der Waals surface area (Å²) in [6.45, 7) is 4.66. The molecule has 9 heteroatoms. The van der Waals surface area contributed by atoms with Crippen LogP contribution in [0.2, 0.25) is 0 Å². The van der Waals surface area contributed by atoms with Crippen LogP contribution in [0, 0.1) is 0 Å². The van der Waals surface area contributed by atoms with Crippen LogP contribution < -0.4 is 0 Å². The van der Waals surface area contributed by atoms with E-state index in [0.717, 1.165) is 51.4 Å². The number of carboxylic acids is 1. The number of carboxylic acid groups (broad SMARTS) is 1. The maximum absolute atomic E-state index is 12.7. The predicted molar refractivity (Wildman–Crippen MR) is 281 cm³/mol. The van der Waals surface area contributed by atoms with Crippen LogP contribution >= 0.6 is 0 Å². The first kappa shape index (κ1) is 63.7. The van der Waals surface area contributed by atoms with Crippen LogP contribution in [-0.4, -0.2) is 87.4 Å². The van der Waals surface area contributed by atoms with Crippen molar-refractivity contribution in [1.82, 2.24) is 0 Å². The first-order valence-electron chi connectivity index (χ1n) is 27.1. The van der Waals surface area contributed by atoms with E-state index in [1.807, 2.05) is 33.3 Å². The SMILES string of the molecule is CC/C=C\C/C=C\C/C=C\C/C=C\CCC(=O)OC(COC(=O)CCCCCCCCCCCCCCCCCCC/C=C\C/C=C\CCCCCCC)COC(OCC[N+](C)(C)C)C(=O)O. The molecule has 0 spiro atoms. The lowest BCUT2D eigenvalue weighted by atomic mass is 10.0. The van der Waals surface area contributed by atoms with Crippen LogP contribution in [0.4, 0.5) is 0 Å². The predicted octanol–water partition coefficient (Wildman–Crippen LogP) is 15.5. The molecule has 0 bridgehead atoms. The van der Waals surface area contributed by atoms with E-state index < -0.39 is 24.3 Å². The zero-order chi connectivity index (χ0) is 49.2. The quantitative estimate of drug-likeness (QED) is 0.0211. The van der Waals surface area contributed by atoms with Gasteiger partial charge in [0.25, 0.3) is 6.29 Å². The lowest BCUT2D eigenvalue weighted by Crippen LogP contribution is -2.40. The number of unbranched alkanes of at least 4 members (excludes halogenated alkanes) is 22. The van der Waals surface area contributed by atoms with Gasteiger partial charge in [0, 0.05) is 12.8 Å². The number of aliphatic carboxylic acids is 1. The van der Waals surface area contributed by atoms with Gasteiger partial charge in [0.15, 0.2) is 6.10 Å². The van der Waals surface area contributed by atoms with Gasteiger partial charge in [-0.15, -0.1) is 0 Å². The maximum atomic E-state index is 12.7. The molecule has 67 heavy (non-hydrogen) atoms. The molecule has 0 aromatic rings. The Balaban J connectivity index is 4.18. The van der Waals surface area contributed by atoms with Crippen molar-refractivity contribution in [3.05, 3.63) is 72.9 Å². The Morgan fingerprint density at radius 3 is 1.33 bits per heavy atom. The smallest absolute Gasteiger partial charge is 0.361 e. The number of hydrogen-bond acceptors (Lipinski definition) is 7. The van der Waals surface area contributed by atoms with Gasteiger partial charge >= 0.3 is 17.9 Å². The van der Waals surface area contributed by atoms with Crippen molar-refractivity contribution in [3.63, 3.8) is 0 Å². The van der Waals surface area contributed by atoms with Crippen LogP contribution in [0.5, 0.6) is 0 Å². The summed E-state index contributed by atoms with van der Waals surface area (Å²) in [5.41, 5.74) is 0. The third kappa shape index (κ3) is 50.4. The molecular formula is C58H102NO8+. The third-order valence-electron chi connectivity index (χ3n) is 11.5. The molecule has 0 aliphatic carbocycles. The molecule has 0 saturated carbocycles. The van der Waals surface area contributed by atoms with Gasteiger partial charge in [-0.05, 0) is 70.6 Å². The van der Waals surface area contributed by atoms with E-state index in [9.17, 15) is 19.5 Å². The molecule has 0 aromatic heterocycles. The van der Waals surface area contributed by atoms with Crippen molar-refractivity contribution < 1.29 is 42.9 Å². The van der Waals surface area contributed by atoms with Crippen LogP contribution in [-0.2, 0) is 33.3 Å². The molecule has 0 heterocycles. The number of rotatable bonds is 49. The molecule has 0 aliphatic heterocycles. The van der Waals surface area contributed by atoms with Crippen LogP contribution in [0.15, 0.2) is 72.9 Å². The minimum absolute atomic E-state index is 0.137. The summed E-state index contributed by atoms with van der Waals surface area (Å²) in [4.78, 5) is 37.2. The van der Waals surface area contributed by atoms with Gasteiger partial charge in [0.05, 0.1) is 34.4 Å². The molecule has 2 atom stereocenters. The van der Waals surface area contributed by atoms with E-state index in [4.69, 9.17) is 18.9 Å². The molecule has 0 aliphatic rings. The number of esters is 2. The van der Waals surface area contributed by atoms with Crippen molar-refractivity contribution in [3.8, 4) is 0 Å². The highest BCUT2D eigenvalue weighted by molar-refractivity contribution is 5.71. The number of nitrogens with zero attached hydrogens (tertiary/aromatic N) is 1. The van der Waals surface area contributed by atoms with Gasteiger partial charge in [-0.2, -0.15) is 0 Å². The number of carbonyl (C=O) groups is 3. The molecule has 0 saturated heterocycles. The number of ether oxygens (including phenoxy) is 4. The molecule has 0 aromatic carbocycles. The average Bonchev–Trinajstić information content (AvgIpc) is 3.29. The summed E-state index contributed by atoms with van der Waals surface area (Å²) in [7, 11) is 5.94. The van der Waals surface area contributed by atoms with Crippen molar-refractivity contribution in [2.75, 3.05) is 47.5 Å². The van der Waals surface area contributed by atoms with Gasteiger partial charge in [0.1, 0.15) is 13.2 Å². The zero-order valence-corrected chi connectivity index (χ0v) is 43.8.